The molecule has 3 aromatic rings. The minimum atomic E-state index is -0.743. The first-order valence-corrected chi connectivity index (χ1v) is 9.86. The van der Waals surface area contributed by atoms with Crippen LogP contribution in [-0.2, 0) is 13.7 Å². The minimum absolute atomic E-state index is 0.00312. The summed E-state index contributed by atoms with van der Waals surface area (Å²) in [5, 5.41) is 6.34. The van der Waals surface area contributed by atoms with Crippen molar-refractivity contribution < 1.29 is 18.7 Å². The fourth-order valence-electron chi connectivity index (χ4n) is 2.44. The zero-order valence-electron chi connectivity index (χ0n) is 14.9. The van der Waals surface area contributed by atoms with Crippen LogP contribution in [0.5, 0.6) is 5.75 Å². The first kappa shape index (κ1) is 22.6. The lowest BCUT2D eigenvalue weighted by Gasteiger charge is -2.12. The van der Waals surface area contributed by atoms with E-state index in [9.17, 15) is 9.59 Å². The van der Waals surface area contributed by atoms with Gasteiger partial charge in [0.2, 0.25) is 0 Å². The third-order valence-corrected chi connectivity index (χ3v) is 6.08. The predicted molar refractivity (Wildman–Crippen MR) is 114 cm³/mol. The van der Waals surface area contributed by atoms with Gasteiger partial charge in [0.1, 0.15) is 28.1 Å². The number of aryl methyl sites for hydroxylation is 1. The number of nitrogens with one attached hydrogen (secondary N) is 1. The van der Waals surface area contributed by atoms with Crippen LogP contribution in [-0.4, -0.2) is 21.6 Å². The number of halogens is 5. The number of benzene rings is 1. The second kappa shape index (κ2) is 8.95. The van der Waals surface area contributed by atoms with Crippen LogP contribution < -0.4 is 15.8 Å². The number of nitrogens with zero attached hydrogens (tertiary/aromatic N) is 2. The Bertz CT molecular complexity index is 1130. The van der Waals surface area contributed by atoms with Gasteiger partial charge in [0.05, 0.1) is 27.0 Å². The van der Waals surface area contributed by atoms with Gasteiger partial charge in [-0.15, -0.1) is 0 Å². The van der Waals surface area contributed by atoms with E-state index >= 15 is 0 Å². The summed E-state index contributed by atoms with van der Waals surface area (Å²) in [7, 11) is 1.52. The summed E-state index contributed by atoms with van der Waals surface area (Å²) in [6.45, 7) is -0.138. The third-order valence-electron chi connectivity index (χ3n) is 3.83. The van der Waals surface area contributed by atoms with E-state index in [1.54, 1.807) is 0 Å². The summed E-state index contributed by atoms with van der Waals surface area (Å²) in [4.78, 5) is 23.9. The maximum absolute atomic E-state index is 12.4. The molecule has 8 nitrogen and oxygen atoms in total. The van der Waals surface area contributed by atoms with Gasteiger partial charge in [-0.25, -0.2) is 0 Å². The van der Waals surface area contributed by atoms with Gasteiger partial charge in [-0.05, 0) is 12.1 Å². The van der Waals surface area contributed by atoms with E-state index in [4.69, 9.17) is 72.9 Å². The summed E-state index contributed by atoms with van der Waals surface area (Å²) in [6.07, 6.45) is 1.29. The Morgan fingerprint density at radius 1 is 1.10 bits per heavy atom. The molecule has 0 fully saturated rings. The molecule has 13 heteroatoms. The second-order valence-electron chi connectivity index (χ2n) is 5.80. The zero-order valence-corrected chi connectivity index (χ0v) is 18.7. The summed E-state index contributed by atoms with van der Waals surface area (Å²) < 4.78 is 12.2. The molecule has 2 amide bonds. The number of aromatic nitrogens is 2. The average molecular weight is 513 g/mol. The van der Waals surface area contributed by atoms with E-state index in [1.165, 1.54) is 30.1 Å². The molecule has 0 aliphatic heterocycles. The van der Waals surface area contributed by atoms with Gasteiger partial charge in [-0.2, -0.15) is 5.10 Å². The number of carbonyl (C=O) groups is 2. The molecule has 0 aliphatic rings. The molecule has 0 radical (unpaired) electrons. The smallest absolute Gasteiger partial charge is 0.291 e. The molecular weight excluding hydrogens is 501 g/mol. The van der Waals surface area contributed by atoms with Crippen molar-refractivity contribution in [3.05, 3.63) is 60.7 Å². The molecule has 2 aromatic heterocycles. The van der Waals surface area contributed by atoms with E-state index in [2.05, 4.69) is 10.4 Å². The number of hydrogen-bond acceptors (Lipinski definition) is 5. The second-order valence-corrected chi connectivity index (χ2v) is 7.69. The Morgan fingerprint density at radius 3 is 2.30 bits per heavy atom. The monoisotopic (exact) mass is 510 g/mol. The molecule has 0 unspecified atom stereocenters. The lowest BCUT2D eigenvalue weighted by molar-refractivity contribution is 0.0992. The molecule has 158 valence electrons. The Hall–Kier alpha value is -2.10. The van der Waals surface area contributed by atoms with E-state index < -0.39 is 11.8 Å². The summed E-state index contributed by atoms with van der Waals surface area (Å²) in [6, 6.07) is 2.92. The third kappa shape index (κ3) is 4.33. The molecule has 0 bridgehead atoms. The van der Waals surface area contributed by atoms with Crippen molar-refractivity contribution in [2.75, 3.05) is 5.32 Å². The van der Waals surface area contributed by atoms with Crippen LogP contribution in [0.3, 0.4) is 0 Å². The van der Waals surface area contributed by atoms with Crippen LogP contribution in [0.2, 0.25) is 25.1 Å². The minimum Gasteiger partial charge on any atom is -0.482 e. The van der Waals surface area contributed by atoms with Crippen molar-refractivity contribution in [2.24, 2.45) is 12.8 Å². The van der Waals surface area contributed by atoms with Crippen LogP contribution in [0.4, 0.5) is 5.69 Å². The highest BCUT2D eigenvalue weighted by molar-refractivity contribution is 6.55. The Balaban J connectivity index is 1.74. The molecule has 0 atom stereocenters. The topological polar surface area (TPSA) is 112 Å². The van der Waals surface area contributed by atoms with Gasteiger partial charge in [-0.3, -0.25) is 14.3 Å². The van der Waals surface area contributed by atoms with Gasteiger partial charge >= 0.3 is 0 Å². The quantitative estimate of drug-likeness (QED) is 0.348. The van der Waals surface area contributed by atoms with Crippen LogP contribution in [0, 0.1) is 0 Å². The Kier molecular flexibility index (Phi) is 6.74. The fourth-order valence-corrected chi connectivity index (χ4v) is 3.67. The number of hydrogen-bond donors (Lipinski definition) is 2. The molecule has 2 heterocycles. The number of anilines is 1. The summed E-state index contributed by atoms with van der Waals surface area (Å²) >= 11 is 30.1. The van der Waals surface area contributed by atoms with Gasteiger partial charge in [-0.1, -0.05) is 58.0 Å². The Morgan fingerprint density at radius 2 is 1.70 bits per heavy atom. The molecule has 30 heavy (non-hydrogen) atoms. The Labute approximate surface area is 194 Å². The van der Waals surface area contributed by atoms with Crippen molar-refractivity contribution in [1.82, 2.24) is 9.78 Å². The van der Waals surface area contributed by atoms with Gasteiger partial charge in [0, 0.05) is 7.05 Å². The van der Waals surface area contributed by atoms with Crippen LogP contribution in [0.1, 0.15) is 26.8 Å². The van der Waals surface area contributed by atoms with Gasteiger partial charge < -0.3 is 20.2 Å². The van der Waals surface area contributed by atoms with Crippen molar-refractivity contribution in [1.29, 1.82) is 0 Å². The van der Waals surface area contributed by atoms with Crippen LogP contribution in [0.25, 0.3) is 0 Å². The lowest BCUT2D eigenvalue weighted by Crippen LogP contribution is -2.20. The molecule has 1 aromatic carbocycles. The number of primary amides is 1. The highest BCUT2D eigenvalue weighted by Gasteiger charge is 2.22. The normalized spacial score (nSPS) is 10.9. The SMILES string of the molecule is Cn1ncc(NC(=O)c2ccc(COc3c(Cl)c(Cl)c(Cl)c(Cl)c3Cl)o2)c1C(N)=O. The highest BCUT2D eigenvalue weighted by Crippen LogP contribution is 2.48. The van der Waals surface area contributed by atoms with Crippen LogP contribution >= 0.6 is 58.0 Å². The number of nitrogens with two attached hydrogens (primary N) is 1. The number of rotatable bonds is 6. The standard InChI is InChI=1S/C17H11Cl5N4O4/c1-26-14(16(23)27)7(4-24-26)25-17(28)8-3-2-6(30-8)5-29-15-12(21)10(19)9(18)11(20)13(15)22/h2-4H,5H2,1H3,(H2,23,27)(H,25,28). The van der Waals surface area contributed by atoms with E-state index in [0.717, 1.165) is 0 Å². The van der Waals surface area contributed by atoms with E-state index in [-0.39, 0.29) is 60.4 Å². The number of ether oxygens (including phenoxy) is 1. The maximum Gasteiger partial charge on any atom is 0.291 e. The molecule has 0 spiro atoms. The van der Waals surface area contributed by atoms with E-state index in [0.29, 0.717) is 0 Å². The molecule has 0 saturated heterocycles. The molecule has 0 saturated carbocycles. The zero-order chi connectivity index (χ0) is 22.2. The first-order chi connectivity index (χ1) is 14.1. The number of carbonyl (C=O) groups excluding carboxylic acids is 2. The highest BCUT2D eigenvalue weighted by atomic mass is 35.5. The van der Waals surface area contributed by atoms with Crippen LogP contribution in [0.15, 0.2) is 22.7 Å². The predicted octanol–water partition coefficient (Wildman–Crippen LogP) is 5.21. The van der Waals surface area contributed by atoms with Crippen molar-refractivity contribution in [3.63, 3.8) is 0 Å². The summed E-state index contributed by atoms with van der Waals surface area (Å²) in [5.41, 5.74) is 5.48. The van der Waals surface area contributed by atoms with Crippen molar-refractivity contribution in [2.45, 2.75) is 6.61 Å². The largest absolute Gasteiger partial charge is 0.482 e. The molecular formula is C17H11Cl5N4O4. The lowest BCUT2D eigenvalue weighted by atomic mass is 10.3. The molecule has 0 aliphatic carbocycles. The van der Waals surface area contributed by atoms with Crippen molar-refractivity contribution >= 4 is 75.5 Å². The van der Waals surface area contributed by atoms with Gasteiger partial charge in [0.25, 0.3) is 11.8 Å². The summed E-state index contributed by atoms with van der Waals surface area (Å²) in [5.74, 6) is -1.12. The van der Waals surface area contributed by atoms with Crippen molar-refractivity contribution in [3.8, 4) is 5.75 Å². The van der Waals surface area contributed by atoms with Gasteiger partial charge in [0.15, 0.2) is 11.5 Å². The number of furan rings is 1. The average Bonchev–Trinajstić information content (AvgIpc) is 3.31. The molecule has 3 rings (SSSR count). The van der Waals surface area contributed by atoms with E-state index in [1.807, 2.05) is 0 Å². The first-order valence-electron chi connectivity index (χ1n) is 7.97. The molecule has 3 N–H and O–H groups in total. The maximum atomic E-state index is 12.4. The number of amides is 2. The fraction of sp³-hybridized carbons (Fsp3) is 0.118.